The number of hydrogen-bond acceptors (Lipinski definition) is 3. The summed E-state index contributed by atoms with van der Waals surface area (Å²) in [5.41, 5.74) is 2.01. The van der Waals surface area contributed by atoms with Gasteiger partial charge in [0.2, 0.25) is 11.8 Å². The van der Waals surface area contributed by atoms with Crippen LogP contribution in [-0.2, 0) is 15.0 Å². The lowest BCUT2D eigenvalue weighted by molar-refractivity contribution is -0.133. The van der Waals surface area contributed by atoms with Crippen LogP contribution >= 0.6 is 0 Å². The number of anilines is 1. The Labute approximate surface area is 140 Å². The normalized spacial score (nSPS) is 25.0. The van der Waals surface area contributed by atoms with Gasteiger partial charge in [-0.1, -0.05) is 31.2 Å². The highest BCUT2D eigenvalue weighted by Gasteiger charge is 2.59. The second-order valence-electron chi connectivity index (χ2n) is 6.35. The lowest BCUT2D eigenvalue weighted by Crippen LogP contribution is -2.42. The number of carbonyl (C=O) groups excluding carboxylic acids is 2. The fourth-order valence-corrected chi connectivity index (χ4v) is 4.16. The van der Waals surface area contributed by atoms with Crippen LogP contribution in [0.2, 0.25) is 0 Å². The number of rotatable bonds is 2. The zero-order valence-corrected chi connectivity index (χ0v) is 13.5. The van der Waals surface area contributed by atoms with Crippen molar-refractivity contribution in [1.29, 1.82) is 0 Å². The van der Waals surface area contributed by atoms with Gasteiger partial charge in [0.1, 0.15) is 5.41 Å². The molecule has 5 heteroatoms. The van der Waals surface area contributed by atoms with Gasteiger partial charge in [-0.3, -0.25) is 14.6 Å². The summed E-state index contributed by atoms with van der Waals surface area (Å²) in [6.07, 6.45) is 4.53. The highest BCUT2D eigenvalue weighted by molar-refractivity contribution is 6.07. The van der Waals surface area contributed by atoms with E-state index in [1.807, 2.05) is 48.2 Å². The second-order valence-corrected chi connectivity index (χ2v) is 6.35. The molecule has 0 saturated carbocycles. The van der Waals surface area contributed by atoms with Crippen LogP contribution in [0, 0.1) is 0 Å². The van der Waals surface area contributed by atoms with Crippen molar-refractivity contribution >= 4 is 17.5 Å². The number of pyridine rings is 1. The summed E-state index contributed by atoms with van der Waals surface area (Å²) < 4.78 is 0. The van der Waals surface area contributed by atoms with Gasteiger partial charge in [-0.2, -0.15) is 0 Å². The lowest BCUT2D eigenvalue weighted by Gasteiger charge is -2.34. The maximum Gasteiger partial charge on any atom is 0.237 e. The zero-order chi connectivity index (χ0) is 16.7. The van der Waals surface area contributed by atoms with Crippen LogP contribution in [0.5, 0.6) is 0 Å². The minimum absolute atomic E-state index is 0.0241. The molecule has 5 nitrogen and oxygen atoms in total. The summed E-state index contributed by atoms with van der Waals surface area (Å²) in [4.78, 5) is 31.6. The summed E-state index contributed by atoms with van der Waals surface area (Å²) in [5.74, 6) is 0.0434. The summed E-state index contributed by atoms with van der Waals surface area (Å²) in [7, 11) is 0. The number of fused-ring (bicyclic) bond motifs is 2. The molecule has 2 aliphatic heterocycles. The Balaban J connectivity index is 1.92. The van der Waals surface area contributed by atoms with E-state index in [1.54, 1.807) is 12.4 Å². The van der Waals surface area contributed by atoms with Crippen LogP contribution in [0.4, 0.5) is 5.69 Å². The molecule has 1 spiro atoms. The standard InChI is InChI=1S/C19H19N3O2/c1-2-16(23)22-11-9-19(17(22)13-6-5-10-20-12-13)14-7-3-4-8-15(14)21-18(19)24/h3-8,10,12,17H,2,9,11H2,1H3,(H,21,24). The van der Waals surface area contributed by atoms with Gasteiger partial charge in [0.15, 0.2) is 0 Å². The van der Waals surface area contributed by atoms with Gasteiger partial charge < -0.3 is 10.2 Å². The van der Waals surface area contributed by atoms with Crippen molar-refractivity contribution in [2.75, 3.05) is 11.9 Å². The van der Waals surface area contributed by atoms with Crippen molar-refractivity contribution in [1.82, 2.24) is 9.88 Å². The molecule has 1 aromatic heterocycles. The molecule has 24 heavy (non-hydrogen) atoms. The van der Waals surface area contributed by atoms with Gasteiger partial charge in [-0.25, -0.2) is 0 Å². The Morgan fingerprint density at radius 3 is 2.92 bits per heavy atom. The van der Waals surface area contributed by atoms with Crippen molar-refractivity contribution in [3.63, 3.8) is 0 Å². The molecule has 3 heterocycles. The van der Waals surface area contributed by atoms with E-state index in [9.17, 15) is 9.59 Å². The number of aromatic nitrogens is 1. The Hall–Kier alpha value is -2.69. The maximum absolute atomic E-state index is 13.0. The molecule has 1 N–H and O–H groups in total. The Morgan fingerprint density at radius 2 is 2.17 bits per heavy atom. The van der Waals surface area contributed by atoms with E-state index in [2.05, 4.69) is 10.3 Å². The molecule has 122 valence electrons. The number of nitrogens with zero attached hydrogens (tertiary/aromatic N) is 2. The van der Waals surface area contributed by atoms with Crippen molar-refractivity contribution < 1.29 is 9.59 Å². The predicted octanol–water partition coefficient (Wildman–Crippen LogP) is 2.66. The van der Waals surface area contributed by atoms with E-state index in [-0.39, 0.29) is 17.9 Å². The number of amides is 2. The van der Waals surface area contributed by atoms with Crippen LogP contribution in [0.15, 0.2) is 48.8 Å². The number of hydrogen-bond donors (Lipinski definition) is 1. The highest BCUT2D eigenvalue weighted by atomic mass is 16.2. The smallest absolute Gasteiger partial charge is 0.237 e. The van der Waals surface area contributed by atoms with E-state index in [0.717, 1.165) is 16.8 Å². The third-order valence-corrected chi connectivity index (χ3v) is 5.21. The molecule has 1 saturated heterocycles. The first-order valence-electron chi connectivity index (χ1n) is 8.29. The summed E-state index contributed by atoms with van der Waals surface area (Å²) in [5, 5.41) is 3.01. The monoisotopic (exact) mass is 321 g/mol. The van der Waals surface area contributed by atoms with Gasteiger partial charge in [0.25, 0.3) is 0 Å². The third-order valence-electron chi connectivity index (χ3n) is 5.21. The first-order valence-corrected chi connectivity index (χ1v) is 8.29. The van der Waals surface area contributed by atoms with E-state index in [1.165, 1.54) is 0 Å². The van der Waals surface area contributed by atoms with Crippen molar-refractivity contribution in [3.8, 4) is 0 Å². The molecule has 0 radical (unpaired) electrons. The molecule has 2 atom stereocenters. The van der Waals surface area contributed by atoms with Crippen molar-refractivity contribution in [2.45, 2.75) is 31.2 Å². The van der Waals surface area contributed by atoms with Gasteiger partial charge >= 0.3 is 0 Å². The summed E-state index contributed by atoms with van der Waals surface area (Å²) >= 11 is 0. The minimum Gasteiger partial charge on any atom is -0.334 e. The molecular formula is C19H19N3O2. The molecule has 2 aromatic rings. The first kappa shape index (κ1) is 14.9. The Bertz CT molecular complexity index is 805. The molecule has 1 fully saturated rings. The largest absolute Gasteiger partial charge is 0.334 e. The number of para-hydroxylation sites is 1. The van der Waals surface area contributed by atoms with Gasteiger partial charge in [-0.05, 0) is 29.7 Å². The van der Waals surface area contributed by atoms with Crippen LogP contribution in [-0.4, -0.2) is 28.2 Å². The molecule has 2 amide bonds. The van der Waals surface area contributed by atoms with Gasteiger partial charge in [0.05, 0.1) is 6.04 Å². The van der Waals surface area contributed by atoms with E-state index in [0.29, 0.717) is 19.4 Å². The van der Waals surface area contributed by atoms with Crippen LogP contribution < -0.4 is 5.32 Å². The van der Waals surface area contributed by atoms with E-state index >= 15 is 0 Å². The lowest BCUT2D eigenvalue weighted by atomic mass is 9.73. The number of likely N-dealkylation sites (tertiary alicyclic amines) is 1. The molecule has 2 unspecified atom stereocenters. The summed E-state index contributed by atoms with van der Waals surface area (Å²) in [6.45, 7) is 2.43. The fraction of sp³-hybridized carbons (Fsp3) is 0.316. The summed E-state index contributed by atoms with van der Waals surface area (Å²) in [6, 6.07) is 11.3. The van der Waals surface area contributed by atoms with Crippen LogP contribution in [0.1, 0.15) is 36.9 Å². The van der Waals surface area contributed by atoms with Gasteiger partial charge in [0, 0.05) is 31.0 Å². The molecule has 2 aliphatic rings. The maximum atomic E-state index is 13.0. The average molecular weight is 321 g/mol. The average Bonchev–Trinajstić information content (AvgIpc) is 3.15. The Kier molecular flexibility index (Phi) is 3.37. The number of nitrogens with one attached hydrogen (secondary N) is 1. The second kappa shape index (κ2) is 5.44. The van der Waals surface area contributed by atoms with Crippen molar-refractivity contribution in [2.24, 2.45) is 0 Å². The zero-order valence-electron chi connectivity index (χ0n) is 13.5. The van der Waals surface area contributed by atoms with E-state index < -0.39 is 5.41 Å². The predicted molar refractivity (Wildman–Crippen MR) is 90.3 cm³/mol. The number of benzene rings is 1. The molecular weight excluding hydrogens is 302 g/mol. The first-order chi connectivity index (χ1) is 11.7. The number of carbonyl (C=O) groups is 2. The van der Waals surface area contributed by atoms with E-state index in [4.69, 9.17) is 0 Å². The molecule has 0 bridgehead atoms. The minimum atomic E-state index is -0.732. The highest BCUT2D eigenvalue weighted by Crippen LogP contribution is 2.54. The van der Waals surface area contributed by atoms with Crippen molar-refractivity contribution in [3.05, 3.63) is 59.9 Å². The van der Waals surface area contributed by atoms with Crippen LogP contribution in [0.3, 0.4) is 0 Å². The Morgan fingerprint density at radius 1 is 1.33 bits per heavy atom. The third kappa shape index (κ3) is 1.90. The molecule has 1 aromatic carbocycles. The molecule has 4 rings (SSSR count). The topological polar surface area (TPSA) is 62.3 Å². The SMILES string of the molecule is CCC(=O)N1CCC2(C(=O)Nc3ccccc32)C1c1cccnc1. The molecule has 0 aliphatic carbocycles. The fourth-order valence-electron chi connectivity index (χ4n) is 4.16. The van der Waals surface area contributed by atoms with Gasteiger partial charge in [-0.15, -0.1) is 0 Å². The van der Waals surface area contributed by atoms with Crippen LogP contribution in [0.25, 0.3) is 0 Å². The quantitative estimate of drug-likeness (QED) is 0.925.